The maximum Gasteiger partial charge on any atom is 0.233 e. The molecule has 2 saturated carbocycles. The van der Waals surface area contributed by atoms with Gasteiger partial charge in [0.25, 0.3) is 0 Å². The highest BCUT2D eigenvalue weighted by Crippen LogP contribution is 2.49. The summed E-state index contributed by atoms with van der Waals surface area (Å²) < 4.78 is 0. The van der Waals surface area contributed by atoms with Gasteiger partial charge in [0.05, 0.1) is 36.3 Å². The van der Waals surface area contributed by atoms with E-state index in [0.717, 1.165) is 18.4 Å². The first-order valence-electron chi connectivity index (χ1n) is 13.0. The third kappa shape index (κ3) is 5.62. The average molecular weight is 495 g/mol. The molecule has 7 heteroatoms. The number of imide groups is 1. The number of carbonyl (C=O) groups excluding carboxylic acids is 2. The second-order valence-electron chi connectivity index (χ2n) is 10.7. The van der Waals surface area contributed by atoms with Gasteiger partial charge in [0, 0.05) is 18.3 Å². The van der Waals surface area contributed by atoms with Crippen molar-refractivity contribution >= 4 is 17.5 Å². The summed E-state index contributed by atoms with van der Waals surface area (Å²) in [5.74, 6) is -2.28. The number of likely N-dealkylation sites (tertiary alicyclic amines) is 1. The topological polar surface area (TPSA) is 99.4 Å². The van der Waals surface area contributed by atoms with E-state index in [1.54, 1.807) is 0 Å². The molecule has 0 aromatic heterocycles. The molecule has 2 aliphatic carbocycles. The van der Waals surface area contributed by atoms with Gasteiger partial charge in [0.2, 0.25) is 11.8 Å². The number of carbonyl (C=O) groups is 2. The minimum atomic E-state index is -1.08. The molecule has 0 unspecified atom stereocenters. The van der Waals surface area contributed by atoms with Gasteiger partial charge in [-0.1, -0.05) is 52.7 Å². The molecule has 194 valence electrons. The molecule has 7 nitrogen and oxygen atoms in total. The van der Waals surface area contributed by atoms with Crippen molar-refractivity contribution in [2.45, 2.75) is 71.6 Å². The molecular formula is C29H38N2O5. The number of aliphatic hydroxyl groups excluding tert-OH is 2. The number of hydrogen-bond donors (Lipinski definition) is 2. The van der Waals surface area contributed by atoms with Crippen LogP contribution in [0.15, 0.2) is 58.8 Å². The van der Waals surface area contributed by atoms with E-state index in [2.05, 4.69) is 32.0 Å². The number of nitrogens with zero attached hydrogens (tertiary/aromatic N) is 2. The minimum Gasteiger partial charge on any atom is -0.392 e. The normalized spacial score (nSPS) is 31.3. The molecule has 2 amide bonds. The maximum absolute atomic E-state index is 13.5. The van der Waals surface area contributed by atoms with Crippen molar-refractivity contribution in [3.8, 4) is 0 Å². The zero-order chi connectivity index (χ0) is 25.8. The summed E-state index contributed by atoms with van der Waals surface area (Å²) in [7, 11) is 0. The second-order valence-corrected chi connectivity index (χ2v) is 10.7. The van der Waals surface area contributed by atoms with Crippen LogP contribution in [-0.2, 0) is 21.0 Å². The average Bonchev–Trinajstić information content (AvgIpc) is 3.09. The summed E-state index contributed by atoms with van der Waals surface area (Å²) in [4.78, 5) is 33.6. The van der Waals surface area contributed by atoms with Crippen LogP contribution in [0.1, 0.15) is 58.4 Å². The van der Waals surface area contributed by atoms with E-state index >= 15 is 0 Å². The van der Waals surface area contributed by atoms with Crippen LogP contribution in [0.5, 0.6) is 0 Å². The quantitative estimate of drug-likeness (QED) is 0.246. The van der Waals surface area contributed by atoms with Gasteiger partial charge in [-0.15, -0.1) is 0 Å². The zero-order valence-electron chi connectivity index (χ0n) is 21.5. The van der Waals surface area contributed by atoms with Crippen molar-refractivity contribution in [1.82, 2.24) is 4.90 Å². The van der Waals surface area contributed by atoms with Crippen LogP contribution >= 0.6 is 0 Å². The number of rotatable bonds is 8. The van der Waals surface area contributed by atoms with E-state index in [0.29, 0.717) is 25.2 Å². The molecule has 1 heterocycles. The van der Waals surface area contributed by atoms with Gasteiger partial charge in [-0.2, -0.15) is 0 Å². The zero-order valence-corrected chi connectivity index (χ0v) is 21.5. The molecular weight excluding hydrogens is 456 g/mol. The summed E-state index contributed by atoms with van der Waals surface area (Å²) in [6.45, 7) is 6.80. The van der Waals surface area contributed by atoms with E-state index in [4.69, 9.17) is 4.84 Å². The molecule has 6 atom stereocenters. The number of fused-ring (bicyclic) bond motifs is 3. The van der Waals surface area contributed by atoms with Crippen LogP contribution in [0.25, 0.3) is 0 Å². The van der Waals surface area contributed by atoms with Crippen molar-refractivity contribution in [2.24, 2.45) is 28.8 Å². The fourth-order valence-corrected chi connectivity index (χ4v) is 5.95. The van der Waals surface area contributed by atoms with E-state index in [-0.39, 0.29) is 30.7 Å². The Morgan fingerprint density at radius 2 is 1.78 bits per heavy atom. The molecule has 2 N–H and O–H groups in total. The summed E-state index contributed by atoms with van der Waals surface area (Å²) >= 11 is 0. The van der Waals surface area contributed by atoms with Crippen molar-refractivity contribution < 1.29 is 24.6 Å². The number of benzene rings is 1. The Hall–Kier alpha value is -2.77. The molecule has 1 aromatic rings. The summed E-state index contributed by atoms with van der Waals surface area (Å²) in [6, 6.07) is 9.45. The molecule has 36 heavy (non-hydrogen) atoms. The van der Waals surface area contributed by atoms with Crippen molar-refractivity contribution in [1.29, 1.82) is 0 Å². The molecule has 1 aliphatic heterocycles. The van der Waals surface area contributed by atoms with Gasteiger partial charge in [0.1, 0.15) is 6.61 Å². The molecule has 0 bridgehead atoms. The van der Waals surface area contributed by atoms with Crippen LogP contribution in [0, 0.1) is 23.7 Å². The molecule has 1 saturated heterocycles. The van der Waals surface area contributed by atoms with E-state index < -0.39 is 30.0 Å². The van der Waals surface area contributed by atoms with Crippen LogP contribution in [-0.4, -0.2) is 51.5 Å². The largest absolute Gasteiger partial charge is 0.392 e. The fourth-order valence-electron chi connectivity index (χ4n) is 5.95. The third-order valence-corrected chi connectivity index (χ3v) is 7.83. The summed E-state index contributed by atoms with van der Waals surface area (Å²) in [6.07, 6.45) is 5.45. The molecule has 3 fully saturated rings. The van der Waals surface area contributed by atoms with E-state index in [9.17, 15) is 19.8 Å². The minimum absolute atomic E-state index is 0.178. The lowest BCUT2D eigenvalue weighted by molar-refractivity contribution is -0.142. The Labute approximate surface area is 213 Å². The third-order valence-electron chi connectivity index (χ3n) is 7.83. The van der Waals surface area contributed by atoms with Crippen molar-refractivity contribution in [2.75, 3.05) is 6.61 Å². The Balaban J connectivity index is 1.46. The smallest absolute Gasteiger partial charge is 0.233 e. The van der Waals surface area contributed by atoms with Crippen molar-refractivity contribution in [3.63, 3.8) is 0 Å². The summed E-state index contributed by atoms with van der Waals surface area (Å²) in [5.41, 5.74) is 4.09. The number of oxime groups is 1. The van der Waals surface area contributed by atoms with Crippen LogP contribution < -0.4 is 0 Å². The molecule has 0 radical (unpaired) electrons. The fraction of sp³-hybridized carbons (Fsp3) is 0.552. The van der Waals surface area contributed by atoms with Gasteiger partial charge >= 0.3 is 0 Å². The standard InChI is InChI=1S/C29H38N2O5/c1-18(2)8-7-9-19(3)14-15-36-30-23-16-24(32)27(33)25-21(23)12-13-22-26(25)29(35)31(28(22)34)17-20-10-5-4-6-11-20/h4-6,8,10-11,14,21-22,24-27,32-33H,7,9,12-13,15-17H2,1-3H3/b19-14+,30-23+/t21-,22-,24-,25+,26-,27-/m1/s1. The molecule has 1 aromatic carbocycles. The summed E-state index contributed by atoms with van der Waals surface area (Å²) in [5, 5.41) is 25.9. The lowest BCUT2D eigenvalue weighted by atomic mass is 9.60. The van der Waals surface area contributed by atoms with Crippen LogP contribution in [0.3, 0.4) is 0 Å². The van der Waals surface area contributed by atoms with E-state index in [1.165, 1.54) is 16.0 Å². The van der Waals surface area contributed by atoms with Gasteiger partial charge in [-0.25, -0.2) is 0 Å². The first-order valence-corrected chi connectivity index (χ1v) is 13.0. The van der Waals surface area contributed by atoms with Gasteiger partial charge in [-0.05, 0) is 58.1 Å². The number of aliphatic hydroxyl groups is 2. The number of allylic oxidation sites excluding steroid dienone is 3. The maximum atomic E-state index is 13.5. The highest BCUT2D eigenvalue weighted by atomic mass is 16.6. The van der Waals surface area contributed by atoms with Gasteiger partial charge in [0.15, 0.2) is 0 Å². The highest BCUT2D eigenvalue weighted by Gasteiger charge is 2.59. The Morgan fingerprint density at radius 3 is 2.50 bits per heavy atom. The lowest BCUT2D eigenvalue weighted by Gasteiger charge is -2.45. The molecule has 0 spiro atoms. The van der Waals surface area contributed by atoms with Gasteiger partial charge in [-0.3, -0.25) is 14.5 Å². The Bertz CT molecular complexity index is 1040. The van der Waals surface area contributed by atoms with Crippen molar-refractivity contribution in [3.05, 3.63) is 59.2 Å². The molecule has 3 aliphatic rings. The van der Waals surface area contributed by atoms with E-state index in [1.807, 2.05) is 36.4 Å². The number of hydrogen-bond acceptors (Lipinski definition) is 6. The monoisotopic (exact) mass is 494 g/mol. The predicted octanol–water partition coefficient (Wildman–Crippen LogP) is 4.00. The van der Waals surface area contributed by atoms with Gasteiger partial charge < -0.3 is 15.1 Å². The SMILES string of the molecule is CC(C)=CCC/C(C)=C/CO/N=C1\C[C@@H](O)[C@@H](O)[C@@H]2[C@@H]3C(=O)N(Cc4ccccc4)C(=O)[C@@H]3CC[C@H]12. The lowest BCUT2D eigenvalue weighted by Crippen LogP contribution is -2.54. The first-order chi connectivity index (χ1) is 17.3. The predicted molar refractivity (Wildman–Crippen MR) is 138 cm³/mol. The number of amides is 2. The Kier molecular flexibility index (Phi) is 8.42. The van der Waals surface area contributed by atoms with Crippen LogP contribution in [0.4, 0.5) is 0 Å². The molecule has 4 rings (SSSR count). The Morgan fingerprint density at radius 1 is 1.06 bits per heavy atom. The van der Waals surface area contributed by atoms with Crippen LogP contribution in [0.2, 0.25) is 0 Å². The first kappa shape index (κ1) is 26.3. The highest BCUT2D eigenvalue weighted by molar-refractivity contribution is 6.06. The second kappa shape index (κ2) is 11.5.